The van der Waals surface area contributed by atoms with Gasteiger partial charge in [0.15, 0.2) is 0 Å². The van der Waals surface area contributed by atoms with Crippen molar-refractivity contribution in [2.75, 3.05) is 12.9 Å². The van der Waals surface area contributed by atoms with Crippen molar-refractivity contribution in [2.45, 2.75) is 52.0 Å². The molecule has 7 nitrogen and oxygen atoms in total. The quantitative estimate of drug-likeness (QED) is 0.704. The van der Waals surface area contributed by atoms with Gasteiger partial charge in [0, 0.05) is 0 Å². The Labute approximate surface area is 149 Å². The largest absolute Gasteiger partial charge is 0.445 e. The molecule has 1 rings (SSSR count). The van der Waals surface area contributed by atoms with Gasteiger partial charge >= 0.3 is 6.09 Å². The van der Waals surface area contributed by atoms with Gasteiger partial charge in [0.25, 0.3) is 10.1 Å². The normalized spacial score (nSPS) is 14.6. The van der Waals surface area contributed by atoms with E-state index in [-0.39, 0.29) is 13.2 Å². The van der Waals surface area contributed by atoms with Crippen molar-refractivity contribution in [3.05, 3.63) is 35.9 Å². The van der Waals surface area contributed by atoms with Gasteiger partial charge in [-0.3, -0.25) is 4.18 Å². The second-order valence-electron chi connectivity index (χ2n) is 6.74. The van der Waals surface area contributed by atoms with Crippen LogP contribution in [-0.4, -0.2) is 45.1 Å². The molecule has 0 fully saturated rings. The van der Waals surface area contributed by atoms with Gasteiger partial charge in [0.1, 0.15) is 6.61 Å². The Balaban J connectivity index is 2.65. The zero-order valence-electron chi connectivity index (χ0n) is 15.3. The van der Waals surface area contributed by atoms with Crippen LogP contribution in [0.5, 0.6) is 0 Å². The summed E-state index contributed by atoms with van der Waals surface area (Å²) in [6, 6.07) is 8.55. The fourth-order valence-corrected chi connectivity index (χ4v) is 2.44. The van der Waals surface area contributed by atoms with Crippen molar-refractivity contribution in [1.29, 1.82) is 0 Å². The van der Waals surface area contributed by atoms with Crippen LogP contribution < -0.4 is 5.32 Å². The van der Waals surface area contributed by atoms with Gasteiger partial charge in [-0.15, -0.1) is 0 Å². The number of carbonyl (C=O) groups is 1. The smallest absolute Gasteiger partial charge is 0.407 e. The molecule has 1 N–H and O–H groups in total. The van der Waals surface area contributed by atoms with Gasteiger partial charge in [-0.05, 0) is 33.3 Å². The van der Waals surface area contributed by atoms with Crippen LogP contribution in [0.2, 0.25) is 0 Å². The van der Waals surface area contributed by atoms with Crippen LogP contribution in [0.4, 0.5) is 4.79 Å². The Hall–Kier alpha value is -1.64. The SMILES string of the molecule is C[C@@H](OC(C)(C)C)[C@@H](COS(C)(=O)=O)NC(=O)OCc1ccccc1. The van der Waals surface area contributed by atoms with Gasteiger partial charge in [-0.2, -0.15) is 8.42 Å². The second-order valence-corrected chi connectivity index (χ2v) is 8.38. The average molecular weight is 373 g/mol. The number of hydrogen-bond acceptors (Lipinski definition) is 6. The van der Waals surface area contributed by atoms with Crippen molar-refractivity contribution < 1.29 is 26.9 Å². The lowest BCUT2D eigenvalue weighted by atomic mass is 10.1. The molecule has 8 heteroatoms. The van der Waals surface area contributed by atoms with Crippen LogP contribution in [0, 0.1) is 0 Å². The van der Waals surface area contributed by atoms with E-state index in [1.54, 1.807) is 6.92 Å². The van der Waals surface area contributed by atoms with Crippen molar-refractivity contribution >= 4 is 16.2 Å². The van der Waals surface area contributed by atoms with Crippen molar-refractivity contribution in [2.24, 2.45) is 0 Å². The molecule has 0 heterocycles. The topological polar surface area (TPSA) is 90.9 Å². The van der Waals surface area contributed by atoms with Crippen LogP contribution in [0.15, 0.2) is 30.3 Å². The minimum atomic E-state index is -3.64. The van der Waals surface area contributed by atoms with Crippen LogP contribution in [-0.2, 0) is 30.4 Å². The Morgan fingerprint density at radius 2 is 1.80 bits per heavy atom. The third-order valence-corrected chi connectivity index (χ3v) is 3.65. The number of rotatable bonds is 8. The molecule has 0 unspecified atom stereocenters. The standard InChI is InChI=1S/C17H27NO6S/c1-13(24-17(2,3)4)15(12-23-25(5,20)21)18-16(19)22-11-14-9-7-6-8-10-14/h6-10,13,15H,11-12H2,1-5H3,(H,18,19)/t13-,15-/m1/s1. The van der Waals surface area contributed by atoms with Crippen LogP contribution in [0.3, 0.4) is 0 Å². The lowest BCUT2D eigenvalue weighted by Gasteiger charge is -2.30. The van der Waals surface area contributed by atoms with E-state index in [0.717, 1.165) is 11.8 Å². The highest BCUT2D eigenvalue weighted by atomic mass is 32.2. The number of alkyl carbamates (subject to hydrolysis) is 1. The third-order valence-electron chi connectivity index (χ3n) is 3.08. The van der Waals surface area contributed by atoms with Gasteiger partial charge < -0.3 is 14.8 Å². The van der Waals surface area contributed by atoms with E-state index in [2.05, 4.69) is 5.32 Å². The molecule has 0 spiro atoms. The molecule has 0 aromatic heterocycles. The summed E-state index contributed by atoms with van der Waals surface area (Å²) < 4.78 is 38.2. The molecule has 1 aromatic carbocycles. The fourth-order valence-electron chi connectivity index (χ4n) is 2.05. The Morgan fingerprint density at radius 3 is 2.32 bits per heavy atom. The first-order valence-electron chi connectivity index (χ1n) is 7.96. The van der Waals surface area contributed by atoms with Gasteiger partial charge in [0.2, 0.25) is 0 Å². The van der Waals surface area contributed by atoms with Gasteiger partial charge in [-0.1, -0.05) is 30.3 Å². The Bertz CT molecular complexity index is 639. The molecule has 0 saturated carbocycles. The number of nitrogens with one attached hydrogen (secondary N) is 1. The zero-order valence-corrected chi connectivity index (χ0v) is 16.1. The fraction of sp³-hybridized carbons (Fsp3) is 0.588. The van der Waals surface area contributed by atoms with E-state index in [1.165, 1.54) is 0 Å². The molecule has 0 aliphatic carbocycles. The Kier molecular flexibility index (Phi) is 7.85. The van der Waals surface area contributed by atoms with Crippen LogP contribution in [0.1, 0.15) is 33.3 Å². The number of hydrogen-bond donors (Lipinski definition) is 1. The summed E-state index contributed by atoms with van der Waals surface area (Å²) in [7, 11) is -3.64. The highest BCUT2D eigenvalue weighted by Crippen LogP contribution is 2.14. The Morgan fingerprint density at radius 1 is 1.20 bits per heavy atom. The van der Waals surface area contributed by atoms with Crippen LogP contribution >= 0.6 is 0 Å². The molecule has 0 radical (unpaired) electrons. The maximum atomic E-state index is 12.0. The van der Waals surface area contributed by atoms with E-state index in [1.807, 2.05) is 51.1 Å². The second kappa shape index (κ2) is 9.17. The number of ether oxygens (including phenoxy) is 2. The molecule has 0 saturated heterocycles. The van der Waals surface area contributed by atoms with Gasteiger partial charge in [-0.25, -0.2) is 4.79 Å². The summed E-state index contributed by atoms with van der Waals surface area (Å²) in [6.07, 6.45) is -0.200. The van der Waals surface area contributed by atoms with E-state index in [0.29, 0.717) is 0 Å². The zero-order chi connectivity index (χ0) is 19.1. The molecule has 0 aliphatic rings. The summed E-state index contributed by atoms with van der Waals surface area (Å²) in [5.41, 5.74) is 0.388. The summed E-state index contributed by atoms with van der Waals surface area (Å²) in [4.78, 5) is 12.0. The average Bonchev–Trinajstić information content (AvgIpc) is 2.47. The van der Waals surface area contributed by atoms with Gasteiger partial charge in [0.05, 0.1) is 30.6 Å². The molecule has 0 bridgehead atoms. The molecule has 1 aromatic rings. The molecule has 142 valence electrons. The number of benzene rings is 1. The molecular weight excluding hydrogens is 346 g/mol. The number of amides is 1. The molecular formula is C17H27NO6S. The first-order valence-corrected chi connectivity index (χ1v) is 9.77. The maximum absolute atomic E-state index is 12.0. The molecule has 1 amide bonds. The van der Waals surface area contributed by atoms with Crippen molar-refractivity contribution in [1.82, 2.24) is 5.32 Å². The minimum Gasteiger partial charge on any atom is -0.445 e. The van der Waals surface area contributed by atoms with E-state index >= 15 is 0 Å². The minimum absolute atomic E-state index is 0.112. The highest BCUT2D eigenvalue weighted by molar-refractivity contribution is 7.85. The van der Waals surface area contributed by atoms with Crippen molar-refractivity contribution in [3.8, 4) is 0 Å². The van der Waals surface area contributed by atoms with E-state index < -0.39 is 34.0 Å². The van der Waals surface area contributed by atoms with Crippen LogP contribution in [0.25, 0.3) is 0 Å². The predicted molar refractivity (Wildman–Crippen MR) is 94.6 cm³/mol. The maximum Gasteiger partial charge on any atom is 0.407 e. The first kappa shape index (κ1) is 21.4. The summed E-state index contributed by atoms with van der Waals surface area (Å²) in [5, 5.41) is 2.61. The molecule has 0 aliphatic heterocycles. The lowest BCUT2D eigenvalue weighted by Crippen LogP contribution is -2.48. The summed E-state index contributed by atoms with van der Waals surface area (Å²) in [6.45, 7) is 7.21. The number of carbonyl (C=O) groups excluding carboxylic acids is 1. The van der Waals surface area contributed by atoms with E-state index in [4.69, 9.17) is 13.7 Å². The molecule has 2 atom stereocenters. The predicted octanol–water partition coefficient (Wildman–Crippen LogP) is 2.46. The monoisotopic (exact) mass is 373 g/mol. The van der Waals surface area contributed by atoms with Crippen molar-refractivity contribution in [3.63, 3.8) is 0 Å². The van der Waals surface area contributed by atoms with E-state index in [9.17, 15) is 13.2 Å². The first-order chi connectivity index (χ1) is 11.5. The molecule has 25 heavy (non-hydrogen) atoms. The lowest BCUT2D eigenvalue weighted by molar-refractivity contribution is -0.0706. The summed E-state index contributed by atoms with van der Waals surface area (Å²) >= 11 is 0. The summed E-state index contributed by atoms with van der Waals surface area (Å²) in [5.74, 6) is 0. The third kappa shape index (κ3) is 10.1. The highest BCUT2D eigenvalue weighted by Gasteiger charge is 2.26.